The van der Waals surface area contributed by atoms with Crippen LogP contribution in [0.2, 0.25) is 0 Å². The second kappa shape index (κ2) is 9.90. The van der Waals surface area contributed by atoms with Crippen molar-refractivity contribution in [2.45, 2.75) is 12.7 Å². The number of primary amides is 1. The van der Waals surface area contributed by atoms with Crippen molar-refractivity contribution in [1.82, 2.24) is 4.98 Å². The van der Waals surface area contributed by atoms with Crippen LogP contribution in [0.5, 0.6) is 11.5 Å². The lowest BCUT2D eigenvalue weighted by Gasteiger charge is -2.07. The number of rotatable bonds is 10. The fourth-order valence-electron chi connectivity index (χ4n) is 1.79. The molecule has 0 aliphatic heterocycles. The number of anilines is 1. The third kappa shape index (κ3) is 7.02. The summed E-state index contributed by atoms with van der Waals surface area (Å²) in [5.74, 6) is 1.50. The van der Waals surface area contributed by atoms with Crippen molar-refractivity contribution in [1.29, 1.82) is 0 Å². The number of nitrogens with zero attached hydrogens (tertiary/aromatic N) is 1. The average Bonchev–Trinajstić information content (AvgIpc) is 3.01. The first-order chi connectivity index (χ1) is 12.1. The van der Waals surface area contributed by atoms with Gasteiger partial charge in [-0.3, -0.25) is 14.9 Å². The number of amides is 2. The van der Waals surface area contributed by atoms with Crippen molar-refractivity contribution < 1.29 is 19.1 Å². The Hall–Kier alpha value is -2.26. The third-order valence-electron chi connectivity index (χ3n) is 2.80. The summed E-state index contributed by atoms with van der Waals surface area (Å²) < 4.78 is 10.8. The number of carbonyl (C=O) groups is 2. The maximum absolute atomic E-state index is 11.9. The molecule has 0 saturated heterocycles. The topological polar surface area (TPSA) is 104 Å². The van der Waals surface area contributed by atoms with Crippen LogP contribution < -0.4 is 20.5 Å². The van der Waals surface area contributed by atoms with E-state index >= 15 is 0 Å². The molecule has 1 aromatic carbocycles. The van der Waals surface area contributed by atoms with Gasteiger partial charge in [0.2, 0.25) is 5.91 Å². The molecule has 0 radical (unpaired) electrons. The van der Waals surface area contributed by atoms with Gasteiger partial charge in [-0.1, -0.05) is 0 Å². The number of ether oxygens (including phenoxy) is 2. The van der Waals surface area contributed by atoms with E-state index in [2.05, 4.69) is 10.3 Å². The quantitative estimate of drug-likeness (QED) is 0.654. The summed E-state index contributed by atoms with van der Waals surface area (Å²) >= 11 is 2.70. The van der Waals surface area contributed by atoms with Crippen LogP contribution in [0.15, 0.2) is 29.6 Å². The molecule has 0 bridgehead atoms. The van der Waals surface area contributed by atoms with E-state index in [9.17, 15) is 9.59 Å². The van der Waals surface area contributed by atoms with E-state index in [0.717, 1.165) is 11.4 Å². The number of carbonyl (C=O) groups excluding carboxylic acids is 2. The van der Waals surface area contributed by atoms with Crippen molar-refractivity contribution in [3.8, 4) is 11.5 Å². The standard InChI is InChI=1S/C16H19N3O4S2/c1-2-22-12-3-5-13(6-4-12)23-7-15(21)19-16-18-11(9-25-16)8-24-10-14(17)20/h3-6,9H,2,7-8,10H2,1H3,(H2,17,20)(H,18,19,21). The van der Waals surface area contributed by atoms with Gasteiger partial charge < -0.3 is 15.2 Å². The van der Waals surface area contributed by atoms with E-state index in [1.807, 2.05) is 12.3 Å². The van der Waals surface area contributed by atoms with Crippen LogP contribution in [0.4, 0.5) is 5.13 Å². The number of aromatic nitrogens is 1. The Morgan fingerprint density at radius 3 is 2.56 bits per heavy atom. The summed E-state index contributed by atoms with van der Waals surface area (Å²) in [4.78, 5) is 26.9. The molecule has 2 rings (SSSR count). The molecule has 0 aliphatic carbocycles. The molecule has 9 heteroatoms. The van der Waals surface area contributed by atoms with Crippen LogP contribution in [0.1, 0.15) is 12.6 Å². The van der Waals surface area contributed by atoms with Gasteiger partial charge in [0.05, 0.1) is 18.1 Å². The summed E-state index contributed by atoms with van der Waals surface area (Å²) in [6.07, 6.45) is 0. The summed E-state index contributed by atoms with van der Waals surface area (Å²) in [5, 5.41) is 5.01. The van der Waals surface area contributed by atoms with Crippen LogP contribution in [-0.2, 0) is 15.3 Å². The van der Waals surface area contributed by atoms with Gasteiger partial charge in [0.25, 0.3) is 5.91 Å². The molecule has 1 aromatic heterocycles. The van der Waals surface area contributed by atoms with Gasteiger partial charge >= 0.3 is 0 Å². The zero-order chi connectivity index (χ0) is 18.1. The number of benzene rings is 1. The Morgan fingerprint density at radius 2 is 1.92 bits per heavy atom. The third-order valence-corrected chi connectivity index (χ3v) is 4.59. The van der Waals surface area contributed by atoms with Gasteiger partial charge in [-0.2, -0.15) is 0 Å². The average molecular weight is 381 g/mol. The second-order valence-electron chi connectivity index (χ2n) is 4.84. The smallest absolute Gasteiger partial charge is 0.264 e. The van der Waals surface area contributed by atoms with Crippen LogP contribution >= 0.6 is 23.1 Å². The van der Waals surface area contributed by atoms with Gasteiger partial charge in [0, 0.05) is 11.1 Å². The number of hydrogen-bond acceptors (Lipinski definition) is 7. The first-order valence-corrected chi connectivity index (χ1v) is 9.56. The van der Waals surface area contributed by atoms with Gasteiger partial charge in [0.15, 0.2) is 11.7 Å². The molecule has 3 N–H and O–H groups in total. The molecule has 0 aliphatic rings. The lowest BCUT2D eigenvalue weighted by molar-refractivity contribution is -0.118. The molecule has 2 amide bonds. The molecule has 0 spiro atoms. The molecule has 1 heterocycles. The van der Waals surface area contributed by atoms with E-state index in [1.54, 1.807) is 24.3 Å². The monoisotopic (exact) mass is 381 g/mol. The molecular weight excluding hydrogens is 362 g/mol. The number of nitrogens with two attached hydrogens (primary N) is 1. The van der Waals surface area contributed by atoms with E-state index in [4.69, 9.17) is 15.2 Å². The second-order valence-corrected chi connectivity index (χ2v) is 6.69. The summed E-state index contributed by atoms with van der Waals surface area (Å²) in [5.41, 5.74) is 5.87. The minimum absolute atomic E-state index is 0.112. The molecule has 0 fully saturated rings. The lowest BCUT2D eigenvalue weighted by Crippen LogP contribution is -2.20. The maximum atomic E-state index is 11.9. The minimum atomic E-state index is -0.361. The normalized spacial score (nSPS) is 10.3. The maximum Gasteiger partial charge on any atom is 0.264 e. The first-order valence-electron chi connectivity index (χ1n) is 7.52. The van der Waals surface area contributed by atoms with Gasteiger partial charge in [-0.15, -0.1) is 23.1 Å². The Labute approximate surface area is 153 Å². The lowest BCUT2D eigenvalue weighted by atomic mass is 10.3. The Morgan fingerprint density at radius 1 is 1.24 bits per heavy atom. The van der Waals surface area contributed by atoms with Gasteiger partial charge in [-0.05, 0) is 31.2 Å². The number of thiazole rings is 1. The Kier molecular flexibility index (Phi) is 7.55. The van der Waals surface area contributed by atoms with Gasteiger partial charge in [-0.25, -0.2) is 4.98 Å². The highest BCUT2D eigenvalue weighted by atomic mass is 32.2. The van der Waals surface area contributed by atoms with Crippen molar-refractivity contribution in [3.05, 3.63) is 35.3 Å². The Balaban J connectivity index is 1.74. The van der Waals surface area contributed by atoms with Crippen LogP contribution in [-0.4, -0.2) is 35.8 Å². The molecule has 0 unspecified atom stereocenters. The van der Waals surface area contributed by atoms with E-state index in [0.29, 0.717) is 23.2 Å². The molecule has 0 atom stereocenters. The molecule has 134 valence electrons. The van der Waals surface area contributed by atoms with Crippen molar-refractivity contribution in [2.24, 2.45) is 5.73 Å². The highest BCUT2D eigenvalue weighted by Crippen LogP contribution is 2.20. The highest BCUT2D eigenvalue weighted by molar-refractivity contribution is 7.99. The largest absolute Gasteiger partial charge is 0.494 e. The van der Waals surface area contributed by atoms with Gasteiger partial charge in [0.1, 0.15) is 11.5 Å². The molecule has 25 heavy (non-hydrogen) atoms. The molecular formula is C16H19N3O4S2. The van der Waals surface area contributed by atoms with Crippen LogP contribution in [0, 0.1) is 0 Å². The van der Waals surface area contributed by atoms with E-state index < -0.39 is 0 Å². The Bertz CT molecular complexity index is 704. The van der Waals surface area contributed by atoms with Crippen molar-refractivity contribution in [3.63, 3.8) is 0 Å². The van der Waals surface area contributed by atoms with E-state index in [-0.39, 0.29) is 24.2 Å². The number of nitrogens with one attached hydrogen (secondary N) is 1. The molecule has 2 aromatic rings. The zero-order valence-electron chi connectivity index (χ0n) is 13.7. The molecule has 7 nitrogen and oxygen atoms in total. The van der Waals surface area contributed by atoms with E-state index in [1.165, 1.54) is 23.1 Å². The van der Waals surface area contributed by atoms with Crippen LogP contribution in [0.3, 0.4) is 0 Å². The zero-order valence-corrected chi connectivity index (χ0v) is 15.3. The summed E-state index contributed by atoms with van der Waals surface area (Å²) in [7, 11) is 0. The predicted octanol–water partition coefficient (Wildman–Crippen LogP) is 2.28. The van der Waals surface area contributed by atoms with Crippen molar-refractivity contribution in [2.75, 3.05) is 24.3 Å². The first kappa shape index (κ1) is 19.1. The summed E-state index contributed by atoms with van der Waals surface area (Å²) in [6, 6.07) is 7.06. The predicted molar refractivity (Wildman–Crippen MR) is 99.2 cm³/mol. The minimum Gasteiger partial charge on any atom is -0.494 e. The number of thioether (sulfide) groups is 1. The SMILES string of the molecule is CCOc1ccc(OCC(=O)Nc2nc(CSCC(N)=O)cs2)cc1. The summed E-state index contributed by atoms with van der Waals surface area (Å²) in [6.45, 7) is 2.40. The fourth-order valence-corrected chi connectivity index (χ4v) is 3.28. The van der Waals surface area contributed by atoms with Crippen LogP contribution in [0.25, 0.3) is 0 Å². The van der Waals surface area contributed by atoms with Crippen molar-refractivity contribution >= 4 is 40.0 Å². The highest BCUT2D eigenvalue weighted by Gasteiger charge is 2.08. The molecule has 0 saturated carbocycles. The number of hydrogen-bond donors (Lipinski definition) is 2. The fraction of sp³-hybridized carbons (Fsp3) is 0.312.